The summed E-state index contributed by atoms with van der Waals surface area (Å²) in [7, 11) is 0. The van der Waals surface area contributed by atoms with Gasteiger partial charge in [-0.2, -0.15) is 24.4 Å². The highest BCUT2D eigenvalue weighted by atomic mass is 32.2. The number of nitrogens with two attached hydrogens (primary N) is 1. The van der Waals surface area contributed by atoms with Gasteiger partial charge in [-0.05, 0) is 30.8 Å². The Hall–Kier alpha value is -1.99. The summed E-state index contributed by atoms with van der Waals surface area (Å²) in [5, 5.41) is 25.4. The molecule has 0 heterocycles. The van der Waals surface area contributed by atoms with E-state index in [9.17, 15) is 24.0 Å². The van der Waals surface area contributed by atoms with Crippen LogP contribution in [0.1, 0.15) is 39.5 Å². The third kappa shape index (κ3) is 11.0. The molecular weight excluding hydrogens is 460 g/mol. The average molecular weight is 495 g/mol. The SMILES string of the molecule is CCC(C)C(NC(=O)C(N)CCSC)C(=O)NC(CCC(=O)O)C(=O)NC(CS)C(=O)O. The number of hydrogen-bond acceptors (Lipinski definition) is 8. The van der Waals surface area contributed by atoms with E-state index < -0.39 is 60.2 Å². The van der Waals surface area contributed by atoms with Gasteiger partial charge in [0, 0.05) is 12.2 Å². The second-order valence-electron chi connectivity index (χ2n) is 7.34. The van der Waals surface area contributed by atoms with Gasteiger partial charge in [-0.3, -0.25) is 19.2 Å². The van der Waals surface area contributed by atoms with Gasteiger partial charge in [-0.15, -0.1) is 0 Å². The summed E-state index contributed by atoms with van der Waals surface area (Å²) in [4.78, 5) is 60.0. The molecule has 0 radical (unpaired) electrons. The summed E-state index contributed by atoms with van der Waals surface area (Å²) < 4.78 is 0. The number of amides is 3. The van der Waals surface area contributed by atoms with E-state index in [4.69, 9.17) is 15.9 Å². The fourth-order valence-corrected chi connectivity index (χ4v) is 3.33. The van der Waals surface area contributed by atoms with Gasteiger partial charge in [0.1, 0.15) is 18.1 Å². The van der Waals surface area contributed by atoms with Gasteiger partial charge in [0.15, 0.2) is 0 Å². The number of carboxylic acids is 2. The van der Waals surface area contributed by atoms with Crippen LogP contribution in [-0.4, -0.2) is 81.8 Å². The molecular formula is C19H34N4O7S2. The van der Waals surface area contributed by atoms with Crippen LogP contribution in [0.5, 0.6) is 0 Å². The number of rotatable bonds is 16. The number of carboxylic acid groups (broad SMARTS) is 2. The van der Waals surface area contributed by atoms with Crippen molar-refractivity contribution in [2.45, 2.75) is 63.7 Å². The maximum absolute atomic E-state index is 12.9. The van der Waals surface area contributed by atoms with Crippen molar-refractivity contribution in [2.24, 2.45) is 11.7 Å². The van der Waals surface area contributed by atoms with Gasteiger partial charge >= 0.3 is 11.9 Å². The highest BCUT2D eigenvalue weighted by molar-refractivity contribution is 7.98. The first-order valence-electron chi connectivity index (χ1n) is 10.2. The summed E-state index contributed by atoms with van der Waals surface area (Å²) in [5.41, 5.74) is 5.87. The van der Waals surface area contributed by atoms with Gasteiger partial charge in [-0.1, -0.05) is 20.3 Å². The van der Waals surface area contributed by atoms with Crippen LogP contribution in [0.15, 0.2) is 0 Å². The molecule has 0 saturated carbocycles. The molecule has 13 heteroatoms. The van der Waals surface area contributed by atoms with Crippen molar-refractivity contribution in [2.75, 3.05) is 17.8 Å². The predicted molar refractivity (Wildman–Crippen MR) is 125 cm³/mol. The lowest BCUT2D eigenvalue weighted by Crippen LogP contribution is -2.58. The van der Waals surface area contributed by atoms with Crippen LogP contribution in [0.4, 0.5) is 0 Å². The van der Waals surface area contributed by atoms with Crippen molar-refractivity contribution < 1.29 is 34.2 Å². The molecule has 5 unspecified atom stereocenters. The molecule has 11 nitrogen and oxygen atoms in total. The Morgan fingerprint density at radius 1 is 0.969 bits per heavy atom. The lowest BCUT2D eigenvalue weighted by atomic mass is 9.97. The molecule has 32 heavy (non-hydrogen) atoms. The second-order valence-corrected chi connectivity index (χ2v) is 8.69. The lowest BCUT2D eigenvalue weighted by molar-refractivity contribution is -0.142. The summed E-state index contributed by atoms with van der Waals surface area (Å²) in [6.45, 7) is 3.56. The zero-order valence-corrected chi connectivity index (χ0v) is 20.2. The van der Waals surface area contributed by atoms with E-state index in [1.807, 2.05) is 13.2 Å². The number of carbonyl (C=O) groups is 5. The zero-order valence-electron chi connectivity index (χ0n) is 18.5. The molecule has 7 N–H and O–H groups in total. The monoisotopic (exact) mass is 494 g/mol. The van der Waals surface area contributed by atoms with Crippen molar-refractivity contribution in [3.8, 4) is 0 Å². The topological polar surface area (TPSA) is 188 Å². The van der Waals surface area contributed by atoms with Gasteiger partial charge in [0.25, 0.3) is 0 Å². The van der Waals surface area contributed by atoms with Crippen molar-refractivity contribution in [3.05, 3.63) is 0 Å². The first-order valence-corrected chi connectivity index (χ1v) is 12.2. The normalized spacial score (nSPS) is 15.5. The van der Waals surface area contributed by atoms with E-state index in [2.05, 4.69) is 28.6 Å². The Morgan fingerprint density at radius 3 is 2.03 bits per heavy atom. The van der Waals surface area contributed by atoms with Crippen LogP contribution in [0, 0.1) is 5.92 Å². The van der Waals surface area contributed by atoms with E-state index in [1.54, 1.807) is 6.92 Å². The smallest absolute Gasteiger partial charge is 0.327 e. The molecule has 0 aromatic carbocycles. The summed E-state index contributed by atoms with van der Waals surface area (Å²) in [6.07, 6.45) is 2.14. The fourth-order valence-electron chi connectivity index (χ4n) is 2.59. The van der Waals surface area contributed by atoms with E-state index in [0.29, 0.717) is 18.6 Å². The fraction of sp³-hybridized carbons (Fsp3) is 0.737. The molecule has 3 amide bonds. The number of thioether (sulfide) groups is 1. The molecule has 0 aliphatic rings. The minimum absolute atomic E-state index is 0.194. The Morgan fingerprint density at radius 2 is 1.56 bits per heavy atom. The van der Waals surface area contributed by atoms with Crippen LogP contribution in [-0.2, 0) is 24.0 Å². The van der Waals surface area contributed by atoms with Crippen molar-refractivity contribution in [1.82, 2.24) is 16.0 Å². The molecule has 0 fully saturated rings. The van der Waals surface area contributed by atoms with Gasteiger partial charge in [-0.25, -0.2) is 4.79 Å². The minimum Gasteiger partial charge on any atom is -0.481 e. The first-order chi connectivity index (χ1) is 15.0. The lowest BCUT2D eigenvalue weighted by Gasteiger charge is -2.27. The highest BCUT2D eigenvalue weighted by Gasteiger charge is 2.32. The Labute approximate surface area is 197 Å². The third-order valence-corrected chi connectivity index (χ3v) is 5.85. The second kappa shape index (κ2) is 15.8. The molecule has 0 spiro atoms. The molecule has 184 valence electrons. The molecule has 0 aliphatic carbocycles. The molecule has 0 aromatic rings. The standard InChI is InChI=1S/C19H34N4O7S2/c1-4-10(2)15(23-16(26)11(20)7-8-32-3)18(28)21-12(5-6-14(24)25)17(27)22-13(9-31)19(29)30/h10-13,15,31H,4-9,20H2,1-3H3,(H,21,28)(H,22,27)(H,23,26)(H,24,25)(H,29,30). The predicted octanol–water partition coefficient (Wildman–Crippen LogP) is -0.553. The zero-order chi connectivity index (χ0) is 24.8. The van der Waals surface area contributed by atoms with E-state index in [1.165, 1.54) is 11.8 Å². The Balaban J connectivity index is 5.48. The largest absolute Gasteiger partial charge is 0.481 e. The van der Waals surface area contributed by atoms with Gasteiger partial charge in [0.2, 0.25) is 17.7 Å². The minimum atomic E-state index is -1.32. The van der Waals surface area contributed by atoms with Crippen LogP contribution in [0.2, 0.25) is 0 Å². The Kier molecular flexibility index (Phi) is 14.8. The average Bonchev–Trinajstić information content (AvgIpc) is 2.75. The number of carbonyl (C=O) groups excluding carboxylic acids is 3. The van der Waals surface area contributed by atoms with Gasteiger partial charge in [0.05, 0.1) is 6.04 Å². The number of thiol groups is 1. The maximum Gasteiger partial charge on any atom is 0.327 e. The molecule has 5 atom stereocenters. The molecule has 0 rings (SSSR count). The highest BCUT2D eigenvalue weighted by Crippen LogP contribution is 2.11. The van der Waals surface area contributed by atoms with Crippen molar-refractivity contribution in [3.63, 3.8) is 0 Å². The van der Waals surface area contributed by atoms with Crippen LogP contribution >= 0.6 is 24.4 Å². The Bertz CT molecular complexity index is 666. The number of hydrogen-bond donors (Lipinski definition) is 7. The maximum atomic E-state index is 12.9. The van der Waals surface area contributed by atoms with E-state index in [0.717, 1.165) is 0 Å². The molecule has 0 bridgehead atoms. The summed E-state index contributed by atoms with van der Waals surface area (Å²) >= 11 is 5.40. The molecule has 0 aliphatic heterocycles. The van der Waals surface area contributed by atoms with Crippen molar-refractivity contribution in [1.29, 1.82) is 0 Å². The van der Waals surface area contributed by atoms with Crippen LogP contribution < -0.4 is 21.7 Å². The number of aliphatic carboxylic acids is 2. The number of nitrogens with one attached hydrogen (secondary N) is 3. The first kappa shape index (κ1) is 30.0. The summed E-state index contributed by atoms with van der Waals surface area (Å²) in [5.74, 6) is -4.39. The third-order valence-electron chi connectivity index (χ3n) is 4.84. The van der Waals surface area contributed by atoms with Crippen molar-refractivity contribution >= 4 is 54.1 Å². The van der Waals surface area contributed by atoms with Crippen LogP contribution in [0.25, 0.3) is 0 Å². The molecule has 0 saturated heterocycles. The summed E-state index contributed by atoms with van der Waals surface area (Å²) in [6, 6.07) is -4.43. The quantitative estimate of drug-likeness (QED) is 0.138. The van der Waals surface area contributed by atoms with Crippen LogP contribution in [0.3, 0.4) is 0 Å². The van der Waals surface area contributed by atoms with E-state index >= 15 is 0 Å². The van der Waals surface area contributed by atoms with E-state index in [-0.39, 0.29) is 18.1 Å². The van der Waals surface area contributed by atoms with Gasteiger partial charge < -0.3 is 31.9 Å². The molecule has 0 aromatic heterocycles.